The summed E-state index contributed by atoms with van der Waals surface area (Å²) in [5.41, 5.74) is 18.6. The van der Waals surface area contributed by atoms with Crippen molar-refractivity contribution in [3.8, 4) is 0 Å². The fourth-order valence-electron chi connectivity index (χ4n) is 3.73. The van der Waals surface area contributed by atoms with Gasteiger partial charge in [-0.3, -0.25) is 9.79 Å². The number of carbonyl (C=O) groups is 1. The van der Waals surface area contributed by atoms with Crippen molar-refractivity contribution in [3.63, 3.8) is 0 Å². The standard InChI is InChI=1S/C23H28ClFN6O/c24-15-1-5-17(6-2-15)30-19-9-11-23(14-26,12-10-19)29-13-20(22(28)32)21(27)31-18-7-3-16(25)4-8-18/h1-8,13,19-20,30H,9-12,14,26H2,(H2,27,31)(H2,28,32). The third-order valence-electron chi connectivity index (χ3n) is 5.72. The van der Waals surface area contributed by atoms with Crippen LogP contribution in [0.15, 0.2) is 58.5 Å². The van der Waals surface area contributed by atoms with Crippen molar-refractivity contribution in [2.75, 3.05) is 11.9 Å². The minimum atomic E-state index is -0.978. The second-order valence-electron chi connectivity index (χ2n) is 8.03. The highest BCUT2D eigenvalue weighted by molar-refractivity contribution is 6.30. The molecule has 170 valence electrons. The molecule has 7 nitrogen and oxygen atoms in total. The largest absolute Gasteiger partial charge is 0.386 e. The van der Waals surface area contributed by atoms with Crippen LogP contribution in [0.25, 0.3) is 0 Å². The van der Waals surface area contributed by atoms with Crippen LogP contribution < -0.4 is 22.5 Å². The van der Waals surface area contributed by atoms with E-state index in [1.165, 1.54) is 30.5 Å². The van der Waals surface area contributed by atoms with Gasteiger partial charge in [0.2, 0.25) is 5.91 Å². The van der Waals surface area contributed by atoms with Gasteiger partial charge in [-0.2, -0.15) is 0 Å². The number of halogens is 2. The van der Waals surface area contributed by atoms with Gasteiger partial charge in [0.25, 0.3) is 0 Å². The molecular weight excluding hydrogens is 431 g/mol. The average Bonchev–Trinajstić information content (AvgIpc) is 2.78. The third-order valence-corrected chi connectivity index (χ3v) is 5.97. The molecule has 1 fully saturated rings. The van der Waals surface area contributed by atoms with Crippen LogP contribution in [0.2, 0.25) is 5.02 Å². The Kier molecular flexibility index (Phi) is 7.82. The number of amidine groups is 1. The molecule has 0 spiro atoms. The summed E-state index contributed by atoms with van der Waals surface area (Å²) in [7, 11) is 0. The zero-order valence-corrected chi connectivity index (χ0v) is 18.4. The molecule has 0 aromatic heterocycles. The highest BCUT2D eigenvalue weighted by Gasteiger charge is 2.34. The number of hydrogen-bond donors (Lipinski definition) is 4. The first-order chi connectivity index (χ1) is 15.3. The Morgan fingerprint density at radius 1 is 1.16 bits per heavy atom. The van der Waals surface area contributed by atoms with Gasteiger partial charge in [-0.1, -0.05) is 11.6 Å². The average molecular weight is 459 g/mol. The fourth-order valence-corrected chi connectivity index (χ4v) is 3.86. The predicted molar refractivity (Wildman–Crippen MR) is 128 cm³/mol. The second kappa shape index (κ2) is 10.6. The van der Waals surface area contributed by atoms with E-state index < -0.39 is 17.4 Å². The SMILES string of the molecule is NCC1(N=CC(C(N)=O)C(N)=Nc2ccc(F)cc2)CCC(Nc2ccc(Cl)cc2)CC1. The molecule has 0 heterocycles. The molecule has 0 bridgehead atoms. The zero-order valence-electron chi connectivity index (χ0n) is 17.7. The molecule has 3 rings (SSSR count). The zero-order chi connectivity index (χ0) is 23.1. The van der Waals surface area contributed by atoms with Crippen LogP contribution in [0.3, 0.4) is 0 Å². The van der Waals surface area contributed by atoms with Gasteiger partial charge < -0.3 is 22.5 Å². The van der Waals surface area contributed by atoms with Crippen molar-refractivity contribution in [1.29, 1.82) is 0 Å². The van der Waals surface area contributed by atoms with Crippen LogP contribution in [0.1, 0.15) is 25.7 Å². The number of benzene rings is 2. The minimum absolute atomic E-state index is 0.00174. The van der Waals surface area contributed by atoms with Crippen LogP contribution in [0.5, 0.6) is 0 Å². The first kappa shape index (κ1) is 23.7. The Balaban J connectivity index is 1.66. The maximum absolute atomic E-state index is 13.1. The lowest BCUT2D eigenvalue weighted by molar-refractivity contribution is -0.118. The number of primary amides is 1. The summed E-state index contributed by atoms with van der Waals surface area (Å²) in [6.07, 6.45) is 4.71. The first-order valence-electron chi connectivity index (χ1n) is 10.5. The summed E-state index contributed by atoms with van der Waals surface area (Å²) in [5.74, 6) is -2.03. The quantitative estimate of drug-likeness (QED) is 0.356. The molecule has 7 N–H and O–H groups in total. The van der Waals surface area contributed by atoms with E-state index in [0.717, 1.165) is 31.4 Å². The molecule has 1 atom stereocenters. The topological polar surface area (TPSA) is 132 Å². The Morgan fingerprint density at radius 3 is 2.34 bits per heavy atom. The van der Waals surface area contributed by atoms with Gasteiger partial charge in [-0.15, -0.1) is 0 Å². The lowest BCUT2D eigenvalue weighted by atomic mass is 9.79. The Bertz CT molecular complexity index is 969. The third kappa shape index (κ3) is 6.27. The fraction of sp³-hybridized carbons (Fsp3) is 0.348. The highest BCUT2D eigenvalue weighted by Crippen LogP contribution is 2.33. The van der Waals surface area contributed by atoms with Gasteiger partial charge in [0.05, 0.1) is 11.2 Å². The van der Waals surface area contributed by atoms with E-state index in [1.54, 1.807) is 0 Å². The summed E-state index contributed by atoms with van der Waals surface area (Å²) < 4.78 is 13.1. The number of nitrogens with one attached hydrogen (secondary N) is 1. The molecule has 0 saturated heterocycles. The maximum atomic E-state index is 13.1. The molecule has 9 heteroatoms. The molecule has 1 saturated carbocycles. The molecule has 0 aliphatic heterocycles. The molecular formula is C23H28ClFN6O. The van der Waals surface area contributed by atoms with Gasteiger partial charge in [-0.05, 0) is 74.2 Å². The maximum Gasteiger partial charge on any atom is 0.233 e. The van der Waals surface area contributed by atoms with E-state index >= 15 is 0 Å². The molecule has 1 unspecified atom stereocenters. The minimum Gasteiger partial charge on any atom is -0.386 e. The number of rotatable bonds is 8. The highest BCUT2D eigenvalue weighted by atomic mass is 35.5. The number of amides is 1. The monoisotopic (exact) mass is 458 g/mol. The van der Waals surface area contributed by atoms with E-state index in [2.05, 4.69) is 15.3 Å². The summed E-state index contributed by atoms with van der Waals surface area (Å²) >= 11 is 5.94. The summed E-state index contributed by atoms with van der Waals surface area (Å²) in [5, 5.41) is 4.21. The molecule has 1 aliphatic carbocycles. The van der Waals surface area contributed by atoms with Crippen LogP contribution >= 0.6 is 11.6 Å². The number of aliphatic imine (C=N–C) groups is 2. The lowest BCUT2D eigenvalue weighted by Gasteiger charge is -2.37. The van der Waals surface area contributed by atoms with E-state index in [0.29, 0.717) is 23.3 Å². The Morgan fingerprint density at radius 2 is 1.78 bits per heavy atom. The van der Waals surface area contributed by atoms with Crippen molar-refractivity contribution >= 4 is 40.9 Å². The summed E-state index contributed by atoms with van der Waals surface area (Å²) in [4.78, 5) is 20.8. The molecule has 2 aromatic rings. The van der Waals surface area contributed by atoms with Gasteiger partial charge in [0.1, 0.15) is 17.6 Å². The molecule has 1 aliphatic rings. The molecule has 0 radical (unpaired) electrons. The van der Waals surface area contributed by atoms with E-state index in [1.807, 2.05) is 24.3 Å². The van der Waals surface area contributed by atoms with Crippen molar-refractivity contribution in [3.05, 3.63) is 59.4 Å². The Labute approximate surface area is 191 Å². The van der Waals surface area contributed by atoms with Gasteiger partial charge in [0, 0.05) is 29.5 Å². The van der Waals surface area contributed by atoms with Crippen LogP contribution in [0.4, 0.5) is 15.8 Å². The van der Waals surface area contributed by atoms with Gasteiger partial charge in [-0.25, -0.2) is 9.38 Å². The van der Waals surface area contributed by atoms with Crippen molar-refractivity contribution < 1.29 is 9.18 Å². The van der Waals surface area contributed by atoms with Crippen molar-refractivity contribution in [1.82, 2.24) is 0 Å². The van der Waals surface area contributed by atoms with Gasteiger partial charge >= 0.3 is 0 Å². The second-order valence-corrected chi connectivity index (χ2v) is 8.46. The smallest absolute Gasteiger partial charge is 0.233 e. The number of nitrogens with zero attached hydrogens (tertiary/aromatic N) is 2. The number of anilines is 1. The van der Waals surface area contributed by atoms with Crippen molar-refractivity contribution in [2.45, 2.75) is 37.3 Å². The summed E-state index contributed by atoms with van der Waals surface area (Å²) in [6, 6.07) is 13.4. The Hall–Kier alpha value is -2.97. The molecule has 1 amide bonds. The number of hydrogen-bond acceptors (Lipinski definition) is 5. The predicted octanol–water partition coefficient (Wildman–Crippen LogP) is 3.39. The van der Waals surface area contributed by atoms with Crippen molar-refractivity contribution in [2.24, 2.45) is 33.1 Å². The van der Waals surface area contributed by atoms with E-state index in [-0.39, 0.29) is 11.7 Å². The molecule has 32 heavy (non-hydrogen) atoms. The van der Waals surface area contributed by atoms with Gasteiger partial charge in [0.15, 0.2) is 0 Å². The van der Waals surface area contributed by atoms with Crippen LogP contribution in [0, 0.1) is 11.7 Å². The van der Waals surface area contributed by atoms with E-state index in [4.69, 9.17) is 28.8 Å². The van der Waals surface area contributed by atoms with E-state index in [9.17, 15) is 9.18 Å². The number of nitrogens with two attached hydrogens (primary N) is 3. The lowest BCUT2D eigenvalue weighted by Crippen LogP contribution is -2.44. The van der Waals surface area contributed by atoms with Crippen LogP contribution in [-0.4, -0.2) is 36.1 Å². The first-order valence-corrected chi connectivity index (χ1v) is 10.8. The number of carbonyl (C=O) groups excluding carboxylic acids is 1. The summed E-state index contributed by atoms with van der Waals surface area (Å²) in [6.45, 7) is 0.345. The molecule has 2 aromatic carbocycles. The normalized spacial score (nSPS) is 22.6. The van der Waals surface area contributed by atoms with Crippen LogP contribution in [-0.2, 0) is 4.79 Å².